The minimum Gasteiger partial charge on any atom is -0.508 e. The van der Waals surface area contributed by atoms with Crippen LogP contribution < -0.4 is 9.64 Å². The van der Waals surface area contributed by atoms with Gasteiger partial charge in [0, 0.05) is 107 Å². The number of halogens is 1. The number of carbonyl (C=O) groups excluding carboxylic acids is 3. The van der Waals surface area contributed by atoms with Crippen molar-refractivity contribution in [3.05, 3.63) is 153 Å². The van der Waals surface area contributed by atoms with E-state index in [1.165, 1.54) is 17.7 Å². The maximum atomic E-state index is 15.7. The van der Waals surface area contributed by atoms with Crippen molar-refractivity contribution < 1.29 is 33.4 Å². The number of aromatic hydroxyl groups is 1. The molecule has 0 bridgehead atoms. The standard InChI is InChI=1S/C59H64FN7O6/c1-38-52(59(71)67(47-11-13-50(68)14-12-47)55-31-48(33-61)62(3)39(55)2)32-56(63(38)4)53-29-43-17-23-65(57(69)27-41-9-15-51(16-10-41)73-26-21-40-19-24-72-25-20-40)34-45(43)30-54(53)58(70)66-35-44-8-6-5-7-42(44)28-49(66)37-64-22-18-46(60)36-64/h5-16,29-32,40,46,49,68H,17-28,34-37H2,1-4H3/t46-,49+/m1/s1. The quantitative estimate of drug-likeness (QED) is 0.121. The van der Waals surface area contributed by atoms with E-state index in [2.05, 4.69) is 29.2 Å². The molecule has 2 fully saturated rings. The molecule has 2 atom stereocenters. The average molecular weight is 986 g/mol. The van der Waals surface area contributed by atoms with Crippen LogP contribution in [-0.4, -0.2) is 105 Å². The highest BCUT2D eigenvalue weighted by molar-refractivity contribution is 6.13. The van der Waals surface area contributed by atoms with E-state index in [1.54, 1.807) is 34.7 Å². The highest BCUT2D eigenvalue weighted by atomic mass is 19.1. The van der Waals surface area contributed by atoms with Crippen LogP contribution in [0.5, 0.6) is 11.5 Å². The highest BCUT2D eigenvalue weighted by Gasteiger charge is 2.37. The van der Waals surface area contributed by atoms with Crippen LogP contribution in [0.4, 0.5) is 15.8 Å². The van der Waals surface area contributed by atoms with Crippen LogP contribution in [0.3, 0.4) is 0 Å². The number of anilines is 2. The molecule has 378 valence electrons. The third-order valence-electron chi connectivity index (χ3n) is 15.9. The summed E-state index contributed by atoms with van der Waals surface area (Å²) in [5, 5.41) is 20.2. The van der Waals surface area contributed by atoms with Gasteiger partial charge in [0.1, 0.15) is 29.4 Å². The summed E-state index contributed by atoms with van der Waals surface area (Å²) in [4.78, 5) is 52.5. The number of ether oxygens (including phenoxy) is 2. The Hall–Kier alpha value is -7.21. The molecule has 4 aromatic carbocycles. The summed E-state index contributed by atoms with van der Waals surface area (Å²) < 4.78 is 29.9. The maximum absolute atomic E-state index is 15.7. The van der Waals surface area contributed by atoms with Crippen molar-refractivity contribution in [3.8, 4) is 28.8 Å². The molecule has 10 rings (SSSR count). The first kappa shape index (κ1) is 49.4. The Morgan fingerprint density at radius 1 is 0.836 bits per heavy atom. The number of amides is 3. The van der Waals surface area contributed by atoms with Crippen LogP contribution in [0.15, 0.2) is 97.1 Å². The fourth-order valence-corrected chi connectivity index (χ4v) is 11.3. The molecule has 2 aromatic heterocycles. The van der Waals surface area contributed by atoms with Crippen molar-refractivity contribution in [1.82, 2.24) is 23.8 Å². The molecular formula is C59H64FN7O6. The average Bonchev–Trinajstić information content (AvgIpc) is 4.05. The molecule has 6 aromatic rings. The van der Waals surface area contributed by atoms with Crippen LogP contribution in [-0.2, 0) is 56.0 Å². The van der Waals surface area contributed by atoms with E-state index >= 15 is 9.59 Å². The number of carbonyl (C=O) groups is 3. The summed E-state index contributed by atoms with van der Waals surface area (Å²) >= 11 is 0. The first-order valence-electron chi connectivity index (χ1n) is 25.7. The molecule has 0 spiro atoms. The highest BCUT2D eigenvalue weighted by Crippen LogP contribution is 2.39. The normalized spacial score (nSPS) is 18.0. The molecule has 0 saturated carbocycles. The lowest BCUT2D eigenvalue weighted by Gasteiger charge is -2.39. The summed E-state index contributed by atoms with van der Waals surface area (Å²) in [5.41, 5.74) is 10.0. The SMILES string of the molecule is Cc1c(N(C(=O)c2cc(-c3cc4c(cc3C(=O)N3Cc5ccccc5C[C@H]3CN3CC[C@@H](F)C3)CN(C(=O)Cc3ccc(OCCC5CCOCC5)cc3)CC4)n(C)c2C)c2ccc(O)cc2)cc(C#N)n1C. The van der Waals surface area contributed by atoms with Gasteiger partial charge in [-0.3, -0.25) is 24.2 Å². The zero-order valence-electron chi connectivity index (χ0n) is 42.3. The van der Waals surface area contributed by atoms with Gasteiger partial charge < -0.3 is 33.5 Å². The second-order valence-electron chi connectivity index (χ2n) is 20.4. The van der Waals surface area contributed by atoms with Gasteiger partial charge in [-0.15, -0.1) is 0 Å². The largest absolute Gasteiger partial charge is 0.508 e. The fourth-order valence-electron chi connectivity index (χ4n) is 11.3. The molecule has 73 heavy (non-hydrogen) atoms. The number of phenols is 1. The minimum absolute atomic E-state index is 0.00443. The Morgan fingerprint density at radius 2 is 1.59 bits per heavy atom. The number of hydrogen-bond donors (Lipinski definition) is 1. The number of phenolic OH excluding ortho intramolecular Hbond substituents is 1. The lowest BCUT2D eigenvalue weighted by molar-refractivity contribution is -0.131. The van der Waals surface area contributed by atoms with Crippen molar-refractivity contribution in [2.24, 2.45) is 20.0 Å². The number of fused-ring (bicyclic) bond motifs is 2. The molecule has 0 aliphatic carbocycles. The lowest BCUT2D eigenvalue weighted by Crippen LogP contribution is -2.50. The Morgan fingerprint density at radius 3 is 2.30 bits per heavy atom. The molecule has 0 radical (unpaired) electrons. The van der Waals surface area contributed by atoms with Crippen molar-refractivity contribution >= 4 is 29.1 Å². The molecule has 3 amide bonds. The molecule has 4 aliphatic rings. The van der Waals surface area contributed by atoms with Gasteiger partial charge in [0.2, 0.25) is 5.91 Å². The van der Waals surface area contributed by atoms with Gasteiger partial charge in [-0.2, -0.15) is 5.26 Å². The summed E-state index contributed by atoms with van der Waals surface area (Å²) in [6, 6.07) is 32.0. The monoisotopic (exact) mass is 985 g/mol. The molecule has 2 saturated heterocycles. The Labute approximate surface area is 426 Å². The second kappa shape index (κ2) is 21.1. The molecule has 13 nitrogen and oxygen atoms in total. The van der Waals surface area contributed by atoms with Gasteiger partial charge >= 0.3 is 0 Å². The van der Waals surface area contributed by atoms with E-state index < -0.39 is 6.17 Å². The predicted octanol–water partition coefficient (Wildman–Crippen LogP) is 9.14. The molecule has 4 aliphatic heterocycles. The lowest BCUT2D eigenvalue weighted by atomic mass is 9.89. The van der Waals surface area contributed by atoms with E-state index in [4.69, 9.17) is 9.47 Å². The smallest absolute Gasteiger partial charge is 0.264 e. The van der Waals surface area contributed by atoms with Crippen molar-refractivity contribution in [2.45, 2.75) is 84.1 Å². The van der Waals surface area contributed by atoms with Gasteiger partial charge in [-0.1, -0.05) is 36.4 Å². The van der Waals surface area contributed by atoms with Crippen LogP contribution in [0.2, 0.25) is 0 Å². The van der Waals surface area contributed by atoms with Crippen molar-refractivity contribution in [2.75, 3.05) is 50.9 Å². The summed E-state index contributed by atoms with van der Waals surface area (Å²) in [6.07, 6.45) is 4.13. The topological polar surface area (TPSA) is 137 Å². The molecule has 0 unspecified atom stereocenters. The molecular weight excluding hydrogens is 922 g/mol. The summed E-state index contributed by atoms with van der Waals surface area (Å²) in [5.74, 6) is 0.935. The van der Waals surface area contributed by atoms with Gasteiger partial charge in [0.15, 0.2) is 0 Å². The van der Waals surface area contributed by atoms with Crippen molar-refractivity contribution in [1.29, 1.82) is 5.26 Å². The van der Waals surface area contributed by atoms with Crippen LogP contribution in [0, 0.1) is 31.1 Å². The van der Waals surface area contributed by atoms with Crippen LogP contribution in [0.25, 0.3) is 11.3 Å². The van der Waals surface area contributed by atoms with Gasteiger partial charge in [0.25, 0.3) is 11.8 Å². The Bertz CT molecular complexity index is 3080. The number of nitriles is 1. The number of benzene rings is 4. The number of nitrogens with zero attached hydrogens (tertiary/aromatic N) is 7. The summed E-state index contributed by atoms with van der Waals surface area (Å²) in [7, 11) is 3.68. The van der Waals surface area contributed by atoms with E-state index in [-0.39, 0.29) is 35.9 Å². The zero-order valence-corrected chi connectivity index (χ0v) is 42.3. The fraction of sp³-hybridized carbons (Fsp3) is 0.390. The third kappa shape index (κ3) is 10.3. The number of likely N-dealkylation sites (tertiary alicyclic amines) is 1. The molecule has 14 heteroatoms. The Balaban J connectivity index is 0.987. The van der Waals surface area contributed by atoms with E-state index in [0.29, 0.717) is 122 Å². The van der Waals surface area contributed by atoms with Crippen LogP contribution in [0.1, 0.15) is 91.3 Å². The number of hydrogen-bond acceptors (Lipinski definition) is 8. The first-order valence-corrected chi connectivity index (χ1v) is 25.7. The predicted molar refractivity (Wildman–Crippen MR) is 278 cm³/mol. The summed E-state index contributed by atoms with van der Waals surface area (Å²) in [6.45, 7) is 8.74. The number of rotatable bonds is 13. The minimum atomic E-state index is -0.898. The van der Waals surface area contributed by atoms with E-state index in [0.717, 1.165) is 60.5 Å². The van der Waals surface area contributed by atoms with Gasteiger partial charge in [-0.05, 0) is 147 Å². The molecule has 6 heterocycles. The number of alkyl halides is 1. The van der Waals surface area contributed by atoms with Gasteiger partial charge in [-0.25, -0.2) is 4.39 Å². The second-order valence-corrected chi connectivity index (χ2v) is 20.4. The Kier molecular flexibility index (Phi) is 14.3. The van der Waals surface area contributed by atoms with E-state index in [1.807, 2.05) is 83.8 Å². The third-order valence-corrected chi connectivity index (χ3v) is 15.9. The van der Waals surface area contributed by atoms with E-state index in [9.17, 15) is 19.6 Å². The molecule has 1 N–H and O–H groups in total. The zero-order chi connectivity index (χ0) is 50.9. The number of aromatic nitrogens is 2. The maximum Gasteiger partial charge on any atom is 0.264 e. The first-order chi connectivity index (χ1) is 35.3. The van der Waals surface area contributed by atoms with Crippen LogP contribution >= 0.6 is 0 Å². The van der Waals surface area contributed by atoms with Crippen molar-refractivity contribution in [3.63, 3.8) is 0 Å². The van der Waals surface area contributed by atoms with Gasteiger partial charge in [0.05, 0.1) is 24.3 Å².